The van der Waals surface area contributed by atoms with Crippen LogP contribution in [0.2, 0.25) is 0 Å². The molecule has 0 radical (unpaired) electrons. The van der Waals surface area contributed by atoms with Crippen molar-refractivity contribution in [2.24, 2.45) is 0 Å². The van der Waals surface area contributed by atoms with Crippen LogP contribution in [0.25, 0.3) is 88.0 Å². The lowest BCUT2D eigenvalue weighted by Gasteiger charge is -2.27. The molecule has 0 fully saturated rings. The first-order valence-corrected chi connectivity index (χ1v) is 20.9. The van der Waals surface area contributed by atoms with Gasteiger partial charge in [-0.2, -0.15) is 0 Å². The summed E-state index contributed by atoms with van der Waals surface area (Å²) in [6.07, 6.45) is 0. The maximum atomic E-state index is 2.42. The molecule has 12 aromatic rings. The number of anilines is 3. The summed E-state index contributed by atoms with van der Waals surface area (Å²) in [6, 6.07) is 86.0. The normalized spacial score (nSPS) is 11.6. The van der Waals surface area contributed by atoms with Gasteiger partial charge in [0, 0.05) is 55.5 Å². The van der Waals surface area contributed by atoms with Gasteiger partial charge in [0.15, 0.2) is 0 Å². The van der Waals surface area contributed by atoms with Gasteiger partial charge in [-0.05, 0) is 106 Å². The Morgan fingerprint density at radius 2 is 0.820 bits per heavy atom. The van der Waals surface area contributed by atoms with Gasteiger partial charge in [0.2, 0.25) is 0 Å². The van der Waals surface area contributed by atoms with E-state index in [0.717, 1.165) is 34.0 Å². The third kappa shape index (κ3) is 5.82. The number of rotatable bonds is 7. The van der Waals surface area contributed by atoms with Crippen LogP contribution in [0.15, 0.2) is 237 Å². The molecule has 0 amide bonds. The lowest BCUT2D eigenvalue weighted by Crippen LogP contribution is -2.10. The molecule has 3 nitrogen and oxygen atoms in total. The maximum Gasteiger partial charge on any atom is 0.0619 e. The number of benzene rings is 10. The maximum absolute atomic E-state index is 2.42. The Labute approximate surface area is 354 Å². The monoisotopic (exact) mass is 777 g/mol. The van der Waals surface area contributed by atoms with Gasteiger partial charge in [0.1, 0.15) is 0 Å². The Kier molecular flexibility index (Phi) is 8.17. The highest BCUT2D eigenvalue weighted by Crippen LogP contribution is 2.43. The van der Waals surface area contributed by atoms with Gasteiger partial charge in [0.05, 0.1) is 22.1 Å². The molecule has 286 valence electrons. The highest BCUT2D eigenvalue weighted by molar-refractivity contribution is 6.14. The van der Waals surface area contributed by atoms with E-state index in [0.29, 0.717) is 0 Å². The second-order valence-corrected chi connectivity index (χ2v) is 15.8. The summed E-state index contributed by atoms with van der Waals surface area (Å²) in [5.41, 5.74) is 15.0. The molecule has 2 aromatic heterocycles. The molecule has 0 aliphatic rings. The molecule has 0 spiro atoms. The third-order valence-electron chi connectivity index (χ3n) is 12.3. The van der Waals surface area contributed by atoms with Crippen LogP contribution in [0, 0.1) is 0 Å². The van der Waals surface area contributed by atoms with E-state index in [2.05, 4.69) is 251 Å². The zero-order chi connectivity index (χ0) is 40.3. The lowest BCUT2D eigenvalue weighted by molar-refractivity contribution is 1.17. The molecule has 0 atom stereocenters. The van der Waals surface area contributed by atoms with Crippen LogP contribution >= 0.6 is 0 Å². The average Bonchev–Trinajstić information content (AvgIpc) is 3.86. The zero-order valence-corrected chi connectivity index (χ0v) is 33.4. The SMILES string of the molecule is c1ccc(-n2c3ccccc3c3cccc(-c4cccc(N(c5ccc(-c6ccc7ccccc7c6)cc5)c5cccc(-n6c7ccccc7c7ccccc76)c5)c4)c32)cc1. The minimum Gasteiger partial charge on any atom is -0.310 e. The first kappa shape index (κ1) is 34.9. The van der Waals surface area contributed by atoms with Crippen LogP contribution < -0.4 is 4.90 Å². The summed E-state index contributed by atoms with van der Waals surface area (Å²) in [5, 5.41) is 7.47. The van der Waals surface area contributed by atoms with E-state index >= 15 is 0 Å². The predicted octanol–water partition coefficient (Wildman–Crippen LogP) is 15.8. The van der Waals surface area contributed by atoms with E-state index < -0.39 is 0 Å². The van der Waals surface area contributed by atoms with Crippen molar-refractivity contribution in [3.05, 3.63) is 237 Å². The first-order valence-electron chi connectivity index (χ1n) is 20.9. The number of aromatic nitrogens is 2. The van der Waals surface area contributed by atoms with E-state index in [-0.39, 0.29) is 0 Å². The summed E-state index contributed by atoms with van der Waals surface area (Å²) in [4.78, 5) is 2.40. The topological polar surface area (TPSA) is 13.1 Å². The predicted molar refractivity (Wildman–Crippen MR) is 258 cm³/mol. The van der Waals surface area contributed by atoms with Crippen LogP contribution in [0.3, 0.4) is 0 Å². The van der Waals surface area contributed by atoms with E-state index in [9.17, 15) is 0 Å². The van der Waals surface area contributed by atoms with Crippen molar-refractivity contribution in [1.82, 2.24) is 9.13 Å². The molecule has 10 aromatic carbocycles. The summed E-state index contributed by atoms with van der Waals surface area (Å²) in [6.45, 7) is 0. The number of hydrogen-bond donors (Lipinski definition) is 0. The van der Waals surface area contributed by atoms with Gasteiger partial charge in [-0.25, -0.2) is 0 Å². The molecule has 0 saturated heterocycles. The Morgan fingerprint density at radius 3 is 1.56 bits per heavy atom. The summed E-state index contributed by atoms with van der Waals surface area (Å²) in [7, 11) is 0. The Morgan fingerprint density at radius 1 is 0.279 bits per heavy atom. The van der Waals surface area contributed by atoms with Gasteiger partial charge >= 0.3 is 0 Å². The van der Waals surface area contributed by atoms with Crippen LogP contribution in [0.5, 0.6) is 0 Å². The number of nitrogens with zero attached hydrogens (tertiary/aromatic N) is 3. The minimum absolute atomic E-state index is 1.08. The van der Waals surface area contributed by atoms with Crippen molar-refractivity contribution in [2.45, 2.75) is 0 Å². The highest BCUT2D eigenvalue weighted by Gasteiger charge is 2.20. The van der Waals surface area contributed by atoms with Crippen molar-refractivity contribution < 1.29 is 0 Å². The van der Waals surface area contributed by atoms with Gasteiger partial charge in [-0.1, -0.05) is 158 Å². The van der Waals surface area contributed by atoms with Crippen LogP contribution in [0.4, 0.5) is 17.1 Å². The van der Waals surface area contributed by atoms with E-state index in [1.165, 1.54) is 71.1 Å². The number of hydrogen-bond acceptors (Lipinski definition) is 1. The smallest absolute Gasteiger partial charge is 0.0619 e. The highest BCUT2D eigenvalue weighted by atomic mass is 15.1. The average molecular weight is 778 g/mol. The molecular weight excluding hydrogens is 739 g/mol. The van der Waals surface area contributed by atoms with Crippen molar-refractivity contribution in [3.8, 4) is 33.6 Å². The standard InChI is InChI=1S/C58H39N3/c1-2-18-45(19-3-1)61-57-30-11-8-25-53(57)54-27-14-26-50(58(54)61)44-17-12-20-47(38-44)59(46-35-33-41(34-36-46)43-32-31-40-15-4-5-16-42(40)37-43)48-21-13-22-49(39-48)60-55-28-9-6-23-51(55)52-24-7-10-29-56(52)60/h1-39H. The molecule has 2 heterocycles. The van der Waals surface area contributed by atoms with Gasteiger partial charge < -0.3 is 14.0 Å². The molecule has 0 aliphatic carbocycles. The molecule has 0 N–H and O–H groups in total. The third-order valence-corrected chi connectivity index (χ3v) is 12.3. The quantitative estimate of drug-likeness (QED) is 0.157. The van der Waals surface area contributed by atoms with Crippen LogP contribution in [0.1, 0.15) is 0 Å². The fourth-order valence-electron chi connectivity index (χ4n) is 9.50. The molecule has 0 unspecified atom stereocenters. The second-order valence-electron chi connectivity index (χ2n) is 15.8. The van der Waals surface area contributed by atoms with Crippen molar-refractivity contribution in [2.75, 3.05) is 4.90 Å². The van der Waals surface area contributed by atoms with Crippen molar-refractivity contribution in [1.29, 1.82) is 0 Å². The van der Waals surface area contributed by atoms with Crippen molar-refractivity contribution in [3.63, 3.8) is 0 Å². The zero-order valence-electron chi connectivity index (χ0n) is 33.4. The van der Waals surface area contributed by atoms with Crippen LogP contribution in [-0.4, -0.2) is 9.13 Å². The molecule has 3 heteroatoms. The Bertz CT molecular complexity index is 3540. The minimum atomic E-state index is 1.08. The van der Waals surface area contributed by atoms with E-state index in [4.69, 9.17) is 0 Å². The lowest BCUT2D eigenvalue weighted by atomic mass is 10.00. The fourth-order valence-corrected chi connectivity index (χ4v) is 9.50. The van der Waals surface area contributed by atoms with Crippen LogP contribution in [-0.2, 0) is 0 Å². The largest absolute Gasteiger partial charge is 0.310 e. The molecule has 0 saturated carbocycles. The molecule has 0 bridgehead atoms. The Balaban J connectivity index is 1.05. The van der Waals surface area contributed by atoms with Crippen molar-refractivity contribution >= 4 is 71.4 Å². The summed E-state index contributed by atoms with van der Waals surface area (Å²) < 4.78 is 4.82. The summed E-state index contributed by atoms with van der Waals surface area (Å²) in [5.74, 6) is 0. The summed E-state index contributed by atoms with van der Waals surface area (Å²) >= 11 is 0. The van der Waals surface area contributed by atoms with E-state index in [1.54, 1.807) is 0 Å². The van der Waals surface area contributed by atoms with Gasteiger partial charge in [-0.15, -0.1) is 0 Å². The second kappa shape index (κ2) is 14.3. The van der Waals surface area contributed by atoms with E-state index in [1.807, 2.05) is 0 Å². The fraction of sp³-hybridized carbons (Fsp3) is 0. The first-order chi connectivity index (χ1) is 30.3. The van der Waals surface area contributed by atoms with Gasteiger partial charge in [0.25, 0.3) is 0 Å². The molecule has 0 aliphatic heterocycles. The molecule has 12 rings (SSSR count). The Hall–Kier alpha value is -8.14. The number of para-hydroxylation sites is 5. The molecule has 61 heavy (non-hydrogen) atoms. The molecular formula is C58H39N3. The number of fused-ring (bicyclic) bond motifs is 7. The van der Waals surface area contributed by atoms with Gasteiger partial charge in [-0.3, -0.25) is 0 Å².